The highest BCUT2D eigenvalue weighted by molar-refractivity contribution is 7.17. The van der Waals surface area contributed by atoms with E-state index in [2.05, 4.69) is 42.9 Å². The van der Waals surface area contributed by atoms with Crippen molar-refractivity contribution in [1.82, 2.24) is 19.7 Å². The van der Waals surface area contributed by atoms with Crippen molar-refractivity contribution in [2.24, 2.45) is 0 Å². The lowest BCUT2D eigenvalue weighted by atomic mass is 10.3. The summed E-state index contributed by atoms with van der Waals surface area (Å²) in [5.74, 6) is 0.846. The molecule has 2 aromatic heterocycles. The maximum absolute atomic E-state index is 5.30. The van der Waals surface area contributed by atoms with Crippen LogP contribution in [0.1, 0.15) is 19.0 Å². The molecule has 1 N–H and O–H groups in total. The van der Waals surface area contributed by atoms with Gasteiger partial charge in [-0.05, 0) is 37.2 Å². The van der Waals surface area contributed by atoms with Crippen LogP contribution >= 0.6 is 11.3 Å². The Balaban J connectivity index is 1.41. The van der Waals surface area contributed by atoms with Gasteiger partial charge in [-0.15, -0.1) is 10.2 Å². The zero-order valence-electron chi connectivity index (χ0n) is 17.0. The van der Waals surface area contributed by atoms with Gasteiger partial charge >= 0.3 is 0 Å². The largest absolute Gasteiger partial charge is 0.497 e. The molecule has 8 heteroatoms. The highest BCUT2D eigenvalue weighted by Crippen LogP contribution is 2.26. The highest BCUT2D eigenvalue weighted by atomic mass is 32.1. The van der Waals surface area contributed by atoms with Crippen LogP contribution in [0.4, 0.5) is 10.8 Å². The number of piperazine rings is 1. The third kappa shape index (κ3) is 4.71. The smallest absolute Gasteiger partial charge is 0.218 e. The number of hydrogen-bond donors (Lipinski definition) is 1. The summed E-state index contributed by atoms with van der Waals surface area (Å²) in [4.78, 5) is 4.87. The van der Waals surface area contributed by atoms with E-state index in [9.17, 15) is 0 Å². The molecule has 0 atom stereocenters. The first-order valence-corrected chi connectivity index (χ1v) is 10.9. The summed E-state index contributed by atoms with van der Waals surface area (Å²) >= 11 is 1.65. The molecular weight excluding hydrogens is 384 g/mol. The van der Waals surface area contributed by atoms with Crippen LogP contribution in [0.2, 0.25) is 0 Å². The van der Waals surface area contributed by atoms with Crippen molar-refractivity contribution in [3.63, 3.8) is 0 Å². The molecule has 0 aliphatic carbocycles. The van der Waals surface area contributed by atoms with Crippen LogP contribution in [0, 0.1) is 0 Å². The summed E-state index contributed by atoms with van der Waals surface area (Å²) < 4.78 is 7.41. The molecule has 0 saturated carbocycles. The van der Waals surface area contributed by atoms with Crippen LogP contribution in [0.3, 0.4) is 0 Å². The van der Waals surface area contributed by atoms with E-state index in [1.165, 1.54) is 13.0 Å². The van der Waals surface area contributed by atoms with Gasteiger partial charge in [0.2, 0.25) is 10.3 Å². The molecule has 0 bridgehead atoms. The maximum Gasteiger partial charge on any atom is 0.218 e. The standard InChI is InChI=1S/C21H28N6OS/c1-3-9-25-11-13-26(14-12-25)20-23-24-21(29-20)27-10-5-7-18(27)16-22-17-6-4-8-19(15-17)28-2/h4-8,10,15,22H,3,9,11-14,16H2,1-2H3. The van der Waals surface area contributed by atoms with E-state index < -0.39 is 0 Å². The minimum atomic E-state index is 0.699. The van der Waals surface area contributed by atoms with Crippen LogP contribution in [0.15, 0.2) is 42.6 Å². The Hall–Kier alpha value is -2.58. The fourth-order valence-electron chi connectivity index (χ4n) is 3.58. The number of methoxy groups -OCH3 is 1. The fourth-order valence-corrected chi connectivity index (χ4v) is 4.50. The third-order valence-electron chi connectivity index (χ3n) is 5.17. The minimum absolute atomic E-state index is 0.699. The molecule has 0 spiro atoms. The molecule has 1 fully saturated rings. The van der Waals surface area contributed by atoms with E-state index in [-0.39, 0.29) is 0 Å². The Labute approximate surface area is 175 Å². The Bertz CT molecular complexity index is 915. The molecule has 1 aliphatic heterocycles. The second kappa shape index (κ2) is 9.28. The van der Waals surface area contributed by atoms with Crippen molar-refractivity contribution in [3.05, 3.63) is 48.3 Å². The molecule has 29 heavy (non-hydrogen) atoms. The van der Waals surface area contributed by atoms with Crippen molar-refractivity contribution >= 4 is 22.2 Å². The van der Waals surface area contributed by atoms with Crippen molar-refractivity contribution in [2.45, 2.75) is 19.9 Å². The van der Waals surface area contributed by atoms with Crippen LogP contribution in [-0.2, 0) is 6.54 Å². The van der Waals surface area contributed by atoms with Gasteiger partial charge in [-0.1, -0.05) is 24.3 Å². The number of aromatic nitrogens is 3. The van der Waals surface area contributed by atoms with Gasteiger partial charge in [0, 0.05) is 49.8 Å². The molecule has 1 saturated heterocycles. The van der Waals surface area contributed by atoms with Gasteiger partial charge in [0.15, 0.2) is 0 Å². The van der Waals surface area contributed by atoms with Gasteiger partial charge in [-0.25, -0.2) is 0 Å². The zero-order chi connectivity index (χ0) is 20.1. The Morgan fingerprint density at radius 1 is 1.07 bits per heavy atom. The number of ether oxygens (including phenoxy) is 1. The zero-order valence-corrected chi connectivity index (χ0v) is 17.9. The highest BCUT2D eigenvalue weighted by Gasteiger charge is 2.20. The molecule has 1 aromatic carbocycles. The first-order valence-electron chi connectivity index (χ1n) is 10.1. The van der Waals surface area contributed by atoms with Gasteiger partial charge in [-0.2, -0.15) is 0 Å². The molecule has 7 nitrogen and oxygen atoms in total. The molecular formula is C21H28N6OS. The molecule has 0 unspecified atom stereocenters. The normalized spacial score (nSPS) is 14.9. The van der Waals surface area contributed by atoms with Crippen LogP contribution in [-0.4, -0.2) is 59.5 Å². The van der Waals surface area contributed by atoms with E-state index >= 15 is 0 Å². The number of nitrogens with zero attached hydrogens (tertiary/aromatic N) is 5. The van der Waals surface area contributed by atoms with E-state index in [4.69, 9.17) is 4.74 Å². The molecule has 4 rings (SSSR count). The second-order valence-corrected chi connectivity index (χ2v) is 8.09. The Morgan fingerprint density at radius 3 is 2.69 bits per heavy atom. The van der Waals surface area contributed by atoms with E-state index in [1.807, 2.05) is 36.5 Å². The lowest BCUT2D eigenvalue weighted by Gasteiger charge is -2.33. The average molecular weight is 413 g/mol. The summed E-state index contributed by atoms with van der Waals surface area (Å²) in [6.07, 6.45) is 3.26. The van der Waals surface area contributed by atoms with Crippen LogP contribution < -0.4 is 15.0 Å². The van der Waals surface area contributed by atoms with Crippen molar-refractivity contribution < 1.29 is 4.74 Å². The number of anilines is 2. The molecule has 3 heterocycles. The number of hydrogen-bond acceptors (Lipinski definition) is 7. The number of rotatable bonds is 8. The monoisotopic (exact) mass is 412 g/mol. The van der Waals surface area contributed by atoms with Gasteiger partial charge in [0.05, 0.1) is 13.7 Å². The molecule has 1 aliphatic rings. The van der Waals surface area contributed by atoms with Crippen molar-refractivity contribution in [3.8, 4) is 10.9 Å². The summed E-state index contributed by atoms with van der Waals surface area (Å²) in [7, 11) is 1.68. The van der Waals surface area contributed by atoms with Gasteiger partial charge < -0.3 is 15.0 Å². The van der Waals surface area contributed by atoms with Gasteiger partial charge in [0.1, 0.15) is 5.75 Å². The quantitative estimate of drug-likeness (QED) is 0.611. The van der Waals surface area contributed by atoms with Crippen LogP contribution in [0.5, 0.6) is 5.75 Å². The van der Waals surface area contributed by atoms with Crippen molar-refractivity contribution in [1.29, 1.82) is 0 Å². The molecule has 0 radical (unpaired) electrons. The van der Waals surface area contributed by atoms with Crippen LogP contribution in [0.25, 0.3) is 5.13 Å². The predicted octanol–water partition coefficient (Wildman–Crippen LogP) is 3.48. The minimum Gasteiger partial charge on any atom is -0.497 e. The first-order chi connectivity index (χ1) is 14.3. The molecule has 0 amide bonds. The summed E-state index contributed by atoms with van der Waals surface area (Å²) in [5.41, 5.74) is 2.17. The molecule has 154 valence electrons. The lowest BCUT2D eigenvalue weighted by molar-refractivity contribution is 0.258. The van der Waals surface area contributed by atoms with Crippen molar-refractivity contribution in [2.75, 3.05) is 50.1 Å². The third-order valence-corrected chi connectivity index (χ3v) is 6.15. The topological polar surface area (TPSA) is 58.5 Å². The molecule has 3 aromatic rings. The Kier molecular flexibility index (Phi) is 6.31. The van der Waals surface area contributed by atoms with E-state index in [1.54, 1.807) is 18.4 Å². The number of nitrogens with one attached hydrogen (secondary N) is 1. The van der Waals surface area contributed by atoms with E-state index in [0.717, 1.165) is 53.6 Å². The predicted molar refractivity (Wildman–Crippen MR) is 119 cm³/mol. The first kappa shape index (κ1) is 19.7. The number of benzene rings is 1. The lowest BCUT2D eigenvalue weighted by Crippen LogP contribution is -2.46. The SMILES string of the molecule is CCCN1CCN(c2nnc(-n3cccc3CNc3cccc(OC)c3)s2)CC1. The summed E-state index contributed by atoms with van der Waals surface area (Å²) in [5, 5.41) is 14.3. The maximum atomic E-state index is 5.30. The summed E-state index contributed by atoms with van der Waals surface area (Å²) in [6, 6.07) is 12.1. The van der Waals surface area contributed by atoms with Gasteiger partial charge in [-0.3, -0.25) is 9.47 Å². The fraction of sp³-hybridized carbons (Fsp3) is 0.429. The Morgan fingerprint density at radius 2 is 1.90 bits per heavy atom. The average Bonchev–Trinajstić information content (AvgIpc) is 3.42. The van der Waals surface area contributed by atoms with E-state index in [0.29, 0.717) is 6.54 Å². The van der Waals surface area contributed by atoms with Gasteiger partial charge in [0.25, 0.3) is 0 Å². The summed E-state index contributed by atoms with van der Waals surface area (Å²) in [6.45, 7) is 8.35. The second-order valence-electron chi connectivity index (χ2n) is 7.15.